The lowest BCUT2D eigenvalue weighted by atomic mass is 10.0. The maximum atomic E-state index is 13.3. The Kier molecular flexibility index (Phi) is 9.61. The van der Waals surface area contributed by atoms with Crippen molar-refractivity contribution in [2.75, 3.05) is 26.0 Å². The highest BCUT2D eigenvalue weighted by Crippen LogP contribution is 2.41. The molecule has 3 atom stereocenters. The van der Waals surface area contributed by atoms with Gasteiger partial charge in [-0.3, -0.25) is 20.1 Å². The topological polar surface area (TPSA) is 135 Å². The molecule has 14 heteroatoms. The highest BCUT2D eigenvalue weighted by atomic mass is 19.4. The second-order valence-corrected chi connectivity index (χ2v) is 11.3. The Morgan fingerprint density at radius 2 is 1.87 bits per heavy atom. The molecular weight excluding hydrogens is 595 g/mol. The van der Waals surface area contributed by atoms with Crippen LogP contribution < -0.4 is 20.2 Å². The molecule has 1 fully saturated rings. The van der Waals surface area contributed by atoms with Gasteiger partial charge in [-0.05, 0) is 48.8 Å². The number of methoxy groups -OCH3 is 1. The number of aldehydes is 1. The van der Waals surface area contributed by atoms with Crippen LogP contribution in [-0.2, 0) is 29.0 Å². The van der Waals surface area contributed by atoms with Gasteiger partial charge in [-0.25, -0.2) is 9.80 Å². The first kappa shape index (κ1) is 31.8. The van der Waals surface area contributed by atoms with Crippen LogP contribution in [0.1, 0.15) is 57.9 Å². The molecule has 2 aliphatic rings. The minimum atomic E-state index is -4.46. The molecule has 240 valence electrons. The standard InChI is InChI=1S/C31H34F3N5O6/c1-39(17-31(32,33)34)38-30(42)45-21-9-8-19(10-21)25-13-28(37-36-25)35-29(41)20-11-22-23(12-20)26(43-2)14-27(24(22)15-40)44-16-18-6-4-3-5-7-18/h3-7,13-15,19-21H,8-12,16-17H2,1-2H3,(H,38,42)(H2,35,36,37,41)/t19-,20-,21+/m0/s1. The van der Waals surface area contributed by atoms with Crippen molar-refractivity contribution in [1.82, 2.24) is 20.6 Å². The number of carbonyl (C=O) groups is 3. The summed E-state index contributed by atoms with van der Waals surface area (Å²) in [6.45, 7) is -1.03. The number of aromatic amines is 1. The first-order valence-electron chi connectivity index (χ1n) is 14.5. The Morgan fingerprint density at radius 1 is 1.11 bits per heavy atom. The smallest absolute Gasteiger partial charge is 0.422 e. The number of H-pyrrole nitrogens is 1. The minimum absolute atomic E-state index is 0.0432. The number of aromatic nitrogens is 2. The van der Waals surface area contributed by atoms with Crippen LogP contribution in [0.2, 0.25) is 0 Å². The SMILES string of the molecule is COc1cc(OCc2ccccc2)c(C=O)c2c1C[C@@H](C(=O)Nc1cc([C@H]3CC[C@@H](OC(=O)NN(C)CC(F)(F)F)C3)[nH]n1)C2. The molecule has 1 saturated carbocycles. The predicted molar refractivity (Wildman–Crippen MR) is 156 cm³/mol. The van der Waals surface area contributed by atoms with Gasteiger partial charge < -0.3 is 19.5 Å². The Labute approximate surface area is 257 Å². The predicted octanol–water partition coefficient (Wildman–Crippen LogP) is 4.93. The minimum Gasteiger partial charge on any atom is -0.496 e. The van der Waals surface area contributed by atoms with Crippen LogP contribution in [0.15, 0.2) is 42.5 Å². The van der Waals surface area contributed by atoms with Gasteiger partial charge in [-0.1, -0.05) is 30.3 Å². The van der Waals surface area contributed by atoms with Crippen molar-refractivity contribution in [2.24, 2.45) is 5.92 Å². The molecule has 3 N–H and O–H groups in total. The van der Waals surface area contributed by atoms with Gasteiger partial charge in [0.25, 0.3) is 0 Å². The number of amides is 2. The molecule has 2 aliphatic carbocycles. The molecular formula is C31H34F3N5O6. The normalized spacial score (nSPS) is 19.2. The van der Waals surface area contributed by atoms with Crippen LogP contribution in [0.3, 0.4) is 0 Å². The fraction of sp³-hybridized carbons (Fsp3) is 0.419. The first-order valence-corrected chi connectivity index (χ1v) is 14.5. The Bertz CT molecular complexity index is 1530. The number of rotatable bonds is 11. The molecule has 11 nitrogen and oxygen atoms in total. The van der Waals surface area contributed by atoms with Crippen LogP contribution in [0.25, 0.3) is 0 Å². The number of hydrogen-bond donors (Lipinski definition) is 3. The number of anilines is 1. The quantitative estimate of drug-likeness (QED) is 0.201. The van der Waals surface area contributed by atoms with Crippen molar-refractivity contribution in [3.63, 3.8) is 0 Å². The summed E-state index contributed by atoms with van der Waals surface area (Å²) in [5.74, 6) is 0.508. The lowest BCUT2D eigenvalue weighted by Gasteiger charge is -2.20. The van der Waals surface area contributed by atoms with Crippen LogP contribution in [0, 0.1) is 5.92 Å². The van der Waals surface area contributed by atoms with Crippen LogP contribution in [0.4, 0.5) is 23.8 Å². The molecule has 0 unspecified atom stereocenters. The number of nitrogens with one attached hydrogen (secondary N) is 3. The number of hydrogen-bond acceptors (Lipinski definition) is 8. The van der Waals surface area contributed by atoms with Crippen molar-refractivity contribution < 1.29 is 41.8 Å². The molecule has 1 heterocycles. The zero-order valence-corrected chi connectivity index (χ0v) is 24.8. The fourth-order valence-electron chi connectivity index (χ4n) is 5.93. The third kappa shape index (κ3) is 7.93. The number of fused-ring (bicyclic) bond motifs is 1. The molecule has 2 aromatic carbocycles. The Hall–Kier alpha value is -4.59. The van der Waals surface area contributed by atoms with Crippen molar-refractivity contribution in [2.45, 2.75) is 56.9 Å². The van der Waals surface area contributed by atoms with E-state index in [0.717, 1.165) is 35.7 Å². The Balaban J connectivity index is 1.17. The van der Waals surface area contributed by atoms with Gasteiger partial charge >= 0.3 is 12.3 Å². The van der Waals surface area contributed by atoms with E-state index >= 15 is 0 Å². The number of benzene rings is 2. The van der Waals surface area contributed by atoms with Crippen molar-refractivity contribution >= 4 is 24.1 Å². The summed E-state index contributed by atoms with van der Waals surface area (Å²) < 4.78 is 54.4. The molecule has 3 aromatic rings. The van der Waals surface area contributed by atoms with E-state index in [1.165, 1.54) is 7.11 Å². The highest BCUT2D eigenvalue weighted by molar-refractivity contribution is 5.94. The van der Waals surface area contributed by atoms with E-state index in [9.17, 15) is 27.6 Å². The monoisotopic (exact) mass is 629 g/mol. The third-order valence-electron chi connectivity index (χ3n) is 8.01. The summed E-state index contributed by atoms with van der Waals surface area (Å²) in [5, 5.41) is 10.6. The van der Waals surface area contributed by atoms with E-state index in [0.29, 0.717) is 60.0 Å². The first-order chi connectivity index (χ1) is 21.5. The molecule has 45 heavy (non-hydrogen) atoms. The Morgan fingerprint density at radius 3 is 2.58 bits per heavy atom. The van der Waals surface area contributed by atoms with Gasteiger partial charge in [0, 0.05) is 36.7 Å². The van der Waals surface area contributed by atoms with E-state index in [2.05, 4.69) is 20.9 Å². The number of hydrazine groups is 1. The second-order valence-electron chi connectivity index (χ2n) is 11.3. The van der Waals surface area contributed by atoms with Crippen LogP contribution in [-0.4, -0.2) is 66.5 Å². The van der Waals surface area contributed by atoms with E-state index in [-0.39, 0.29) is 18.4 Å². The average molecular weight is 630 g/mol. The second kappa shape index (κ2) is 13.6. The highest BCUT2D eigenvalue weighted by Gasteiger charge is 2.35. The lowest BCUT2D eigenvalue weighted by molar-refractivity contribution is -0.147. The molecule has 5 rings (SSSR count). The number of halogens is 3. The summed E-state index contributed by atoms with van der Waals surface area (Å²) in [6, 6.07) is 13.0. The summed E-state index contributed by atoms with van der Waals surface area (Å²) in [4.78, 5) is 37.5. The molecule has 1 aromatic heterocycles. The van der Waals surface area contributed by atoms with Crippen LogP contribution >= 0.6 is 0 Å². The van der Waals surface area contributed by atoms with Gasteiger partial charge in [0.1, 0.15) is 30.8 Å². The summed E-state index contributed by atoms with van der Waals surface area (Å²) in [6.07, 6.45) is -2.79. The molecule has 0 saturated heterocycles. The van der Waals surface area contributed by atoms with Gasteiger partial charge in [0.2, 0.25) is 5.91 Å². The molecule has 0 radical (unpaired) electrons. The van der Waals surface area contributed by atoms with Gasteiger partial charge in [0.15, 0.2) is 12.1 Å². The molecule has 0 aliphatic heterocycles. The maximum absolute atomic E-state index is 13.3. The van der Waals surface area contributed by atoms with Crippen molar-refractivity contribution in [3.8, 4) is 11.5 Å². The molecule has 0 spiro atoms. The van der Waals surface area contributed by atoms with E-state index in [4.69, 9.17) is 14.2 Å². The van der Waals surface area contributed by atoms with Gasteiger partial charge in [-0.2, -0.15) is 18.3 Å². The van der Waals surface area contributed by atoms with E-state index in [1.807, 2.05) is 30.3 Å². The molecule has 0 bridgehead atoms. The largest absolute Gasteiger partial charge is 0.496 e. The summed E-state index contributed by atoms with van der Waals surface area (Å²) in [5.41, 5.74) is 5.66. The average Bonchev–Trinajstić information content (AvgIpc) is 3.75. The van der Waals surface area contributed by atoms with Crippen molar-refractivity contribution in [3.05, 3.63) is 70.4 Å². The zero-order chi connectivity index (χ0) is 32.1. The summed E-state index contributed by atoms with van der Waals surface area (Å²) in [7, 11) is 2.64. The number of carbonyl (C=O) groups excluding carboxylic acids is 3. The number of alkyl halides is 3. The summed E-state index contributed by atoms with van der Waals surface area (Å²) >= 11 is 0. The zero-order valence-electron chi connectivity index (χ0n) is 24.8. The van der Waals surface area contributed by atoms with Gasteiger partial charge in [0.05, 0.1) is 12.7 Å². The number of nitrogens with zero attached hydrogens (tertiary/aromatic N) is 2. The van der Waals surface area contributed by atoms with Gasteiger partial charge in [-0.15, -0.1) is 0 Å². The fourth-order valence-corrected chi connectivity index (χ4v) is 5.93. The third-order valence-corrected chi connectivity index (χ3v) is 8.01. The lowest BCUT2D eigenvalue weighted by Crippen LogP contribution is -2.45. The van der Waals surface area contributed by atoms with E-state index in [1.54, 1.807) is 12.1 Å². The van der Waals surface area contributed by atoms with Crippen molar-refractivity contribution in [1.29, 1.82) is 0 Å². The number of ether oxygens (including phenoxy) is 3. The van der Waals surface area contributed by atoms with Crippen LogP contribution in [0.5, 0.6) is 11.5 Å². The molecule has 2 amide bonds. The van der Waals surface area contributed by atoms with E-state index < -0.39 is 30.8 Å². The maximum Gasteiger partial charge on any atom is 0.422 e.